The lowest BCUT2D eigenvalue weighted by molar-refractivity contribution is 0.383. The summed E-state index contributed by atoms with van der Waals surface area (Å²) in [5.41, 5.74) is 1.28. The molecule has 2 atom stereocenters. The van der Waals surface area contributed by atoms with Gasteiger partial charge in [0, 0.05) is 25.2 Å². The molecule has 6 heteroatoms. The molecule has 0 amide bonds. The highest BCUT2D eigenvalue weighted by Gasteiger charge is 2.34. The molecule has 0 radical (unpaired) electrons. The van der Waals surface area contributed by atoms with E-state index in [-0.39, 0.29) is 5.75 Å². The van der Waals surface area contributed by atoms with Crippen LogP contribution in [0.15, 0.2) is 24.3 Å². The van der Waals surface area contributed by atoms with Gasteiger partial charge in [0.05, 0.1) is 17.4 Å². The van der Waals surface area contributed by atoms with Gasteiger partial charge in [-0.2, -0.15) is 5.26 Å². The molecule has 0 spiro atoms. The number of sulfonamides is 1. The van der Waals surface area contributed by atoms with Gasteiger partial charge in [0.25, 0.3) is 0 Å². The minimum Gasteiger partial charge on any atom is -0.310 e. The lowest BCUT2D eigenvalue weighted by Gasteiger charge is -2.23. The average molecular weight is 305 g/mol. The van der Waals surface area contributed by atoms with Crippen LogP contribution in [0.25, 0.3) is 0 Å². The van der Waals surface area contributed by atoms with E-state index < -0.39 is 10.0 Å². The highest BCUT2D eigenvalue weighted by molar-refractivity contribution is 7.88. The maximum atomic E-state index is 12.6. The maximum Gasteiger partial charge on any atom is 0.218 e. The normalized spacial score (nSPS) is 26.2. The van der Waals surface area contributed by atoms with Crippen molar-refractivity contribution < 1.29 is 8.42 Å². The smallest absolute Gasteiger partial charge is 0.218 e. The second-order valence-electron chi connectivity index (χ2n) is 5.85. The summed E-state index contributed by atoms with van der Waals surface area (Å²) in [6, 6.07) is 9.58. The van der Waals surface area contributed by atoms with Crippen molar-refractivity contribution in [2.45, 2.75) is 37.1 Å². The van der Waals surface area contributed by atoms with Gasteiger partial charge >= 0.3 is 0 Å². The number of nitriles is 1. The molecular weight excluding hydrogens is 286 g/mol. The van der Waals surface area contributed by atoms with Crippen LogP contribution < -0.4 is 5.32 Å². The second kappa shape index (κ2) is 5.76. The van der Waals surface area contributed by atoms with Gasteiger partial charge in [-0.3, -0.25) is 0 Å². The van der Waals surface area contributed by atoms with Gasteiger partial charge in [-0.15, -0.1) is 0 Å². The molecule has 0 aromatic heterocycles. The summed E-state index contributed by atoms with van der Waals surface area (Å²) in [6.45, 7) is 1.18. The van der Waals surface area contributed by atoms with E-state index in [0.717, 1.165) is 24.8 Å². The Morgan fingerprint density at radius 2 is 1.90 bits per heavy atom. The SMILES string of the molecule is N#Cc1ccc(CS(=O)(=O)N2CCC3CCC(C2)N3)cc1. The largest absolute Gasteiger partial charge is 0.310 e. The van der Waals surface area contributed by atoms with Crippen molar-refractivity contribution in [3.63, 3.8) is 0 Å². The minimum atomic E-state index is -3.29. The van der Waals surface area contributed by atoms with Gasteiger partial charge in [-0.1, -0.05) is 12.1 Å². The Morgan fingerprint density at radius 3 is 2.62 bits per heavy atom. The van der Waals surface area contributed by atoms with Gasteiger partial charge in [-0.05, 0) is 37.0 Å². The van der Waals surface area contributed by atoms with Crippen molar-refractivity contribution in [1.29, 1.82) is 5.26 Å². The van der Waals surface area contributed by atoms with Gasteiger partial charge in [0.1, 0.15) is 0 Å². The summed E-state index contributed by atoms with van der Waals surface area (Å²) in [6.07, 6.45) is 3.12. The molecule has 2 heterocycles. The van der Waals surface area contributed by atoms with Crippen LogP contribution in [0.5, 0.6) is 0 Å². The number of hydrogen-bond donors (Lipinski definition) is 1. The molecule has 21 heavy (non-hydrogen) atoms. The molecule has 5 nitrogen and oxygen atoms in total. The summed E-state index contributed by atoms with van der Waals surface area (Å²) < 4.78 is 26.8. The van der Waals surface area contributed by atoms with Crippen LogP contribution in [0.2, 0.25) is 0 Å². The van der Waals surface area contributed by atoms with Gasteiger partial charge in [0.2, 0.25) is 10.0 Å². The van der Waals surface area contributed by atoms with Crippen LogP contribution >= 0.6 is 0 Å². The molecule has 2 fully saturated rings. The number of nitrogens with zero attached hydrogens (tertiary/aromatic N) is 2. The molecule has 2 aliphatic rings. The zero-order chi connectivity index (χ0) is 14.9. The molecular formula is C15H19N3O2S. The molecule has 2 unspecified atom stereocenters. The lowest BCUT2D eigenvalue weighted by atomic mass is 10.1. The first kappa shape index (κ1) is 14.5. The van der Waals surface area contributed by atoms with E-state index in [2.05, 4.69) is 5.32 Å². The zero-order valence-electron chi connectivity index (χ0n) is 11.8. The first-order chi connectivity index (χ1) is 10.1. The first-order valence-corrected chi connectivity index (χ1v) is 8.91. The number of rotatable bonds is 3. The van der Waals surface area contributed by atoms with Crippen LogP contribution in [-0.4, -0.2) is 37.9 Å². The van der Waals surface area contributed by atoms with E-state index in [1.54, 1.807) is 28.6 Å². The molecule has 2 bridgehead atoms. The predicted octanol–water partition coefficient (Wildman–Crippen LogP) is 1.21. The number of hydrogen-bond acceptors (Lipinski definition) is 4. The monoisotopic (exact) mass is 305 g/mol. The summed E-state index contributed by atoms with van der Waals surface area (Å²) in [5.74, 6) is 0.0100. The third-order valence-electron chi connectivity index (χ3n) is 4.31. The molecule has 2 aliphatic heterocycles. The van der Waals surface area contributed by atoms with E-state index in [1.165, 1.54) is 0 Å². The molecule has 0 aliphatic carbocycles. The topological polar surface area (TPSA) is 73.2 Å². The third kappa shape index (κ3) is 3.26. The maximum absolute atomic E-state index is 12.6. The Kier molecular flexibility index (Phi) is 3.98. The van der Waals surface area contributed by atoms with Gasteiger partial charge < -0.3 is 5.32 Å². The van der Waals surface area contributed by atoms with Crippen LogP contribution in [0, 0.1) is 11.3 Å². The zero-order valence-corrected chi connectivity index (χ0v) is 12.6. The van der Waals surface area contributed by atoms with Crippen molar-refractivity contribution in [3.8, 4) is 6.07 Å². The van der Waals surface area contributed by atoms with Gasteiger partial charge in [-0.25, -0.2) is 12.7 Å². The summed E-state index contributed by atoms with van der Waals surface area (Å²) in [5, 5.41) is 12.3. The van der Waals surface area contributed by atoms with Crippen molar-refractivity contribution in [1.82, 2.24) is 9.62 Å². The molecule has 1 aromatic rings. The average Bonchev–Trinajstić information content (AvgIpc) is 2.78. The van der Waals surface area contributed by atoms with Crippen LogP contribution in [0.3, 0.4) is 0 Å². The van der Waals surface area contributed by atoms with Crippen molar-refractivity contribution in [2.75, 3.05) is 13.1 Å². The highest BCUT2D eigenvalue weighted by Crippen LogP contribution is 2.23. The van der Waals surface area contributed by atoms with Crippen molar-refractivity contribution in [3.05, 3.63) is 35.4 Å². The Labute approximate surface area is 125 Å². The molecule has 1 aromatic carbocycles. The first-order valence-electron chi connectivity index (χ1n) is 7.30. The van der Waals surface area contributed by atoms with Crippen molar-refractivity contribution >= 4 is 10.0 Å². The quantitative estimate of drug-likeness (QED) is 0.911. The Balaban J connectivity index is 1.72. The molecule has 3 rings (SSSR count). The fourth-order valence-electron chi connectivity index (χ4n) is 3.14. The Morgan fingerprint density at radius 1 is 1.19 bits per heavy atom. The van der Waals surface area contributed by atoms with E-state index in [4.69, 9.17) is 5.26 Å². The molecule has 112 valence electrons. The summed E-state index contributed by atoms with van der Waals surface area (Å²) in [4.78, 5) is 0. The van der Waals surface area contributed by atoms with Gasteiger partial charge in [0.15, 0.2) is 0 Å². The summed E-state index contributed by atoms with van der Waals surface area (Å²) >= 11 is 0. The minimum absolute atomic E-state index is 0.0100. The van der Waals surface area contributed by atoms with E-state index in [0.29, 0.717) is 30.7 Å². The third-order valence-corrected chi connectivity index (χ3v) is 6.13. The molecule has 0 saturated carbocycles. The second-order valence-corrected chi connectivity index (χ2v) is 7.82. The van der Waals surface area contributed by atoms with E-state index in [1.807, 2.05) is 6.07 Å². The van der Waals surface area contributed by atoms with E-state index >= 15 is 0 Å². The highest BCUT2D eigenvalue weighted by atomic mass is 32.2. The van der Waals surface area contributed by atoms with Crippen LogP contribution in [0.4, 0.5) is 0 Å². The molecule has 2 saturated heterocycles. The number of fused-ring (bicyclic) bond motifs is 2. The lowest BCUT2D eigenvalue weighted by Crippen LogP contribution is -2.39. The van der Waals surface area contributed by atoms with Crippen LogP contribution in [-0.2, 0) is 15.8 Å². The van der Waals surface area contributed by atoms with Crippen molar-refractivity contribution in [2.24, 2.45) is 0 Å². The molecule has 1 N–H and O–H groups in total. The number of benzene rings is 1. The summed E-state index contributed by atoms with van der Waals surface area (Å²) in [7, 11) is -3.29. The Hall–Kier alpha value is -1.42. The predicted molar refractivity (Wildman–Crippen MR) is 79.9 cm³/mol. The fourth-order valence-corrected chi connectivity index (χ4v) is 4.73. The van der Waals surface area contributed by atoms with E-state index in [9.17, 15) is 8.42 Å². The van der Waals surface area contributed by atoms with Crippen LogP contribution in [0.1, 0.15) is 30.4 Å². The standard InChI is InChI=1S/C15H19N3O2S/c16-9-12-1-3-13(4-2-12)11-21(19,20)18-8-7-14-5-6-15(10-18)17-14/h1-4,14-15,17H,5-8,10-11H2. The number of nitrogens with one attached hydrogen (secondary N) is 1. The Bertz CT molecular complexity index is 648. The fraction of sp³-hybridized carbons (Fsp3) is 0.533.